The fourth-order valence-electron chi connectivity index (χ4n) is 1.03. The summed E-state index contributed by atoms with van der Waals surface area (Å²) in [5.41, 5.74) is 1.83. The molecular weight excluding hydrogens is 255 g/mol. The van der Waals surface area contributed by atoms with E-state index in [1.54, 1.807) is 26.2 Å². The quantitative estimate of drug-likeness (QED) is 0.583. The molecule has 0 saturated heterocycles. The third kappa shape index (κ3) is 6.86. The van der Waals surface area contributed by atoms with E-state index in [9.17, 15) is 0 Å². The van der Waals surface area contributed by atoms with Crippen LogP contribution >= 0.6 is 0 Å². The number of aromatic nitrogens is 2. The van der Waals surface area contributed by atoms with Gasteiger partial charge in [-0.25, -0.2) is 0 Å². The van der Waals surface area contributed by atoms with Crippen LogP contribution in [0.1, 0.15) is 13.8 Å². The van der Waals surface area contributed by atoms with E-state index in [0.717, 1.165) is 11.4 Å². The van der Waals surface area contributed by atoms with Crippen LogP contribution in [-0.4, -0.2) is 9.97 Å². The molecule has 0 amide bonds. The molecule has 0 spiro atoms. The molecule has 0 aliphatic carbocycles. The van der Waals surface area contributed by atoms with Gasteiger partial charge in [-0.1, -0.05) is 12.1 Å². The van der Waals surface area contributed by atoms with Crippen molar-refractivity contribution in [2.45, 2.75) is 13.8 Å². The van der Waals surface area contributed by atoms with E-state index >= 15 is 0 Å². The van der Waals surface area contributed by atoms with Crippen molar-refractivity contribution in [2.24, 2.45) is 0 Å². The average Bonchev–Trinajstić information content (AvgIpc) is 2.45. The second-order valence-electron chi connectivity index (χ2n) is 2.43. The Morgan fingerprint density at radius 1 is 0.706 bits per heavy atom. The van der Waals surface area contributed by atoms with Gasteiger partial charge in [-0.3, -0.25) is 9.97 Å². The predicted octanol–water partition coefficient (Wildman–Crippen LogP) is 3.82. The molecule has 0 aromatic carbocycles. The zero-order chi connectivity index (χ0) is 12.2. The molecule has 2 heterocycles. The fraction of sp³-hybridized carbons (Fsp3) is 0.143. The summed E-state index contributed by atoms with van der Waals surface area (Å²) in [7, 11) is 0. The molecule has 0 atom stereocenters. The van der Waals surface area contributed by atoms with Gasteiger partial charge in [0.15, 0.2) is 0 Å². The molecule has 0 aliphatic heterocycles. The largest absolute Gasteiger partial charge is 2.00 e. The molecule has 94 valence electrons. The SMILES string of the molecule is [CH2-]C.[CH2-]C.[Ni+2].c1ccc(-c2ccccn2)nc1. The van der Waals surface area contributed by atoms with Crippen molar-refractivity contribution in [3.8, 4) is 11.4 Å². The van der Waals surface area contributed by atoms with Crippen LogP contribution in [0.3, 0.4) is 0 Å². The summed E-state index contributed by atoms with van der Waals surface area (Å²) in [5.74, 6) is 0. The predicted molar refractivity (Wildman–Crippen MR) is 69.5 cm³/mol. The first-order valence-electron chi connectivity index (χ1n) is 5.21. The molecule has 0 aliphatic rings. The minimum atomic E-state index is 0. The van der Waals surface area contributed by atoms with E-state index in [4.69, 9.17) is 0 Å². The summed E-state index contributed by atoms with van der Waals surface area (Å²) in [5, 5.41) is 0. The van der Waals surface area contributed by atoms with E-state index in [0.29, 0.717) is 0 Å². The van der Waals surface area contributed by atoms with Crippen molar-refractivity contribution in [3.63, 3.8) is 0 Å². The maximum atomic E-state index is 4.19. The third-order valence-corrected chi connectivity index (χ3v) is 1.59. The van der Waals surface area contributed by atoms with Gasteiger partial charge in [0.1, 0.15) is 0 Å². The number of nitrogens with zero attached hydrogens (tertiary/aromatic N) is 2. The van der Waals surface area contributed by atoms with Crippen LogP contribution < -0.4 is 0 Å². The van der Waals surface area contributed by atoms with Crippen molar-refractivity contribution >= 4 is 0 Å². The van der Waals surface area contributed by atoms with Gasteiger partial charge in [0.05, 0.1) is 11.4 Å². The first-order chi connectivity index (χ1) is 7.97. The maximum Gasteiger partial charge on any atom is 2.00 e. The van der Waals surface area contributed by atoms with Crippen LogP contribution in [0, 0.1) is 13.8 Å². The monoisotopic (exact) mass is 272 g/mol. The standard InChI is InChI=1S/C10H8N2.2C2H5.Ni/c1-3-7-11-9(5-1)10-6-2-4-8-12-10;2*1-2;/h1-8H;2*1H2,2H3;/q;2*-1;+2. The molecule has 2 aromatic heterocycles. The Kier molecular flexibility index (Phi) is 13.7. The van der Waals surface area contributed by atoms with Gasteiger partial charge in [0.2, 0.25) is 0 Å². The van der Waals surface area contributed by atoms with Crippen molar-refractivity contribution < 1.29 is 16.5 Å². The van der Waals surface area contributed by atoms with Crippen molar-refractivity contribution in [3.05, 3.63) is 62.6 Å². The van der Waals surface area contributed by atoms with E-state index < -0.39 is 0 Å². The van der Waals surface area contributed by atoms with Crippen LogP contribution in [0.4, 0.5) is 0 Å². The zero-order valence-corrected chi connectivity index (χ0v) is 11.2. The van der Waals surface area contributed by atoms with Gasteiger partial charge < -0.3 is 13.8 Å². The summed E-state index contributed by atoms with van der Waals surface area (Å²) >= 11 is 0. The van der Waals surface area contributed by atoms with Crippen molar-refractivity contribution in [2.75, 3.05) is 0 Å². The number of hydrogen-bond acceptors (Lipinski definition) is 2. The Labute approximate surface area is 114 Å². The summed E-state index contributed by atoms with van der Waals surface area (Å²) in [4.78, 5) is 8.37. The first kappa shape index (κ1) is 18.2. The number of pyridine rings is 2. The Hall–Kier alpha value is -1.21. The molecular formula is C14H18N2Ni. The van der Waals surface area contributed by atoms with Crippen LogP contribution in [0.25, 0.3) is 11.4 Å². The Morgan fingerprint density at radius 2 is 1.06 bits per heavy atom. The second kappa shape index (κ2) is 12.9. The van der Waals surface area contributed by atoms with Gasteiger partial charge in [-0.15, -0.1) is 0 Å². The Bertz CT molecular complexity index is 312. The molecule has 2 nitrogen and oxygen atoms in total. The summed E-state index contributed by atoms with van der Waals surface area (Å²) < 4.78 is 0. The van der Waals surface area contributed by atoms with E-state index in [2.05, 4.69) is 23.8 Å². The Morgan fingerprint density at radius 3 is 1.29 bits per heavy atom. The molecule has 0 fully saturated rings. The molecule has 2 aromatic rings. The summed E-state index contributed by atoms with van der Waals surface area (Å²) in [6, 6.07) is 11.6. The zero-order valence-electron chi connectivity index (χ0n) is 10.2. The minimum absolute atomic E-state index is 0. The maximum absolute atomic E-state index is 4.19. The van der Waals surface area contributed by atoms with Gasteiger partial charge in [0.25, 0.3) is 0 Å². The molecule has 0 bridgehead atoms. The molecule has 0 N–H and O–H groups in total. The molecule has 17 heavy (non-hydrogen) atoms. The molecule has 3 heteroatoms. The smallest absolute Gasteiger partial charge is 0.346 e. The Balaban J connectivity index is 0. The minimum Gasteiger partial charge on any atom is -0.346 e. The molecule has 0 unspecified atom stereocenters. The molecule has 0 radical (unpaired) electrons. The van der Waals surface area contributed by atoms with Crippen molar-refractivity contribution in [1.82, 2.24) is 9.97 Å². The van der Waals surface area contributed by atoms with Gasteiger partial charge in [0, 0.05) is 12.4 Å². The van der Waals surface area contributed by atoms with Gasteiger partial charge in [-0.2, -0.15) is 13.8 Å². The van der Waals surface area contributed by atoms with Crippen LogP contribution in [0.2, 0.25) is 0 Å². The average molecular weight is 273 g/mol. The second-order valence-corrected chi connectivity index (χ2v) is 2.43. The summed E-state index contributed by atoms with van der Waals surface area (Å²) in [6.45, 7) is 10.0. The van der Waals surface area contributed by atoms with Crippen LogP contribution in [0.15, 0.2) is 48.8 Å². The topological polar surface area (TPSA) is 25.8 Å². The van der Waals surface area contributed by atoms with Gasteiger partial charge in [-0.05, 0) is 24.3 Å². The summed E-state index contributed by atoms with van der Waals surface area (Å²) in [6.07, 6.45) is 3.54. The van der Waals surface area contributed by atoms with E-state index in [-0.39, 0.29) is 16.5 Å². The number of hydrogen-bond donors (Lipinski definition) is 0. The van der Waals surface area contributed by atoms with Crippen molar-refractivity contribution in [1.29, 1.82) is 0 Å². The van der Waals surface area contributed by atoms with Gasteiger partial charge >= 0.3 is 16.5 Å². The normalized spacial score (nSPS) is 7.53. The van der Waals surface area contributed by atoms with E-state index in [1.807, 2.05) is 36.4 Å². The van der Waals surface area contributed by atoms with Crippen LogP contribution in [-0.2, 0) is 16.5 Å². The molecule has 0 saturated carbocycles. The first-order valence-corrected chi connectivity index (χ1v) is 5.21. The number of rotatable bonds is 1. The fourth-order valence-corrected chi connectivity index (χ4v) is 1.03. The van der Waals surface area contributed by atoms with E-state index in [1.165, 1.54) is 0 Å². The third-order valence-electron chi connectivity index (χ3n) is 1.59. The van der Waals surface area contributed by atoms with Crippen LogP contribution in [0.5, 0.6) is 0 Å². The molecule has 2 rings (SSSR count).